The van der Waals surface area contributed by atoms with Gasteiger partial charge < -0.3 is 20.4 Å². The summed E-state index contributed by atoms with van der Waals surface area (Å²) in [5.74, 6) is -3.37. The van der Waals surface area contributed by atoms with E-state index in [0.717, 1.165) is 38.5 Å². The first-order valence-corrected chi connectivity index (χ1v) is 8.48. The van der Waals surface area contributed by atoms with E-state index in [4.69, 9.17) is 20.4 Å². The van der Waals surface area contributed by atoms with Crippen LogP contribution in [0, 0.1) is 0 Å². The maximum atomic E-state index is 10.2. The number of unbranched alkanes of at least 4 members (excludes halogenated alkanes) is 11. The number of carboxylic acid groups (broad SMARTS) is 1. The van der Waals surface area contributed by atoms with E-state index in [9.17, 15) is 4.79 Å². The highest BCUT2D eigenvalue weighted by molar-refractivity contribution is 5.79. The molecular formula is C17H32O5. The molecule has 0 radical (unpaired) electrons. The number of hydrogen-bond acceptors (Lipinski definition) is 4. The minimum absolute atomic E-state index is 0.0225. The molecule has 0 saturated carbocycles. The second-order valence-electron chi connectivity index (χ2n) is 5.94. The molecule has 0 bridgehead atoms. The summed E-state index contributed by atoms with van der Waals surface area (Å²) in [7, 11) is 0. The second kappa shape index (κ2) is 13.7. The zero-order valence-corrected chi connectivity index (χ0v) is 13.5. The molecule has 0 saturated heterocycles. The quantitative estimate of drug-likeness (QED) is 0.211. The number of hydrogen-bond donors (Lipinski definition) is 4. The van der Waals surface area contributed by atoms with Crippen molar-refractivity contribution in [3.05, 3.63) is 12.2 Å². The summed E-state index contributed by atoms with van der Waals surface area (Å²) in [6.07, 6.45) is 16.0. The summed E-state index contributed by atoms with van der Waals surface area (Å²) < 4.78 is 0. The summed E-state index contributed by atoms with van der Waals surface area (Å²) >= 11 is 0. The Morgan fingerprint density at radius 3 is 1.55 bits per heavy atom. The van der Waals surface area contributed by atoms with E-state index in [1.807, 2.05) is 0 Å². The topological polar surface area (TPSA) is 98.0 Å². The van der Waals surface area contributed by atoms with Crippen LogP contribution in [0.4, 0.5) is 0 Å². The molecule has 4 N–H and O–H groups in total. The van der Waals surface area contributed by atoms with Gasteiger partial charge in [0, 0.05) is 12.5 Å². The normalized spacial score (nSPS) is 12.1. The standard InChI is InChI=1S/C17H32O5/c18-16(19)14-12-10-8-6-4-2-1-3-5-7-9-11-13-15-17(20,21)22/h12,14,20-22H,1-11,13,15H2,(H,18,19). The van der Waals surface area contributed by atoms with Gasteiger partial charge >= 0.3 is 5.97 Å². The first-order valence-electron chi connectivity index (χ1n) is 8.48. The Balaban J connectivity index is 3.10. The molecule has 0 heterocycles. The van der Waals surface area contributed by atoms with Crippen molar-refractivity contribution >= 4 is 5.97 Å². The number of carbonyl (C=O) groups is 1. The number of carboxylic acids is 1. The molecule has 5 nitrogen and oxygen atoms in total. The number of aliphatic carboxylic acids is 1. The molecule has 0 unspecified atom stereocenters. The molecule has 22 heavy (non-hydrogen) atoms. The fourth-order valence-electron chi connectivity index (χ4n) is 2.40. The molecular weight excluding hydrogens is 284 g/mol. The summed E-state index contributed by atoms with van der Waals surface area (Å²) in [5.41, 5.74) is 0. The van der Waals surface area contributed by atoms with Crippen LogP contribution in [0.5, 0.6) is 0 Å². The lowest BCUT2D eigenvalue weighted by Gasteiger charge is -2.12. The van der Waals surface area contributed by atoms with Gasteiger partial charge in [-0.25, -0.2) is 4.79 Å². The van der Waals surface area contributed by atoms with Crippen LogP contribution in [-0.2, 0) is 4.79 Å². The molecule has 0 aliphatic rings. The fraction of sp³-hybridized carbons (Fsp3) is 0.824. The Kier molecular flexibility index (Phi) is 13.2. The minimum Gasteiger partial charge on any atom is -0.478 e. The van der Waals surface area contributed by atoms with Crippen molar-refractivity contribution < 1.29 is 25.2 Å². The first kappa shape index (κ1) is 21.1. The van der Waals surface area contributed by atoms with Crippen LogP contribution in [0.25, 0.3) is 0 Å². The Bertz CT molecular complexity index is 294. The minimum atomic E-state index is -2.50. The van der Waals surface area contributed by atoms with Crippen LogP contribution in [0.3, 0.4) is 0 Å². The molecule has 0 spiro atoms. The van der Waals surface area contributed by atoms with Crippen LogP contribution in [-0.4, -0.2) is 32.4 Å². The lowest BCUT2D eigenvalue weighted by atomic mass is 10.0. The summed E-state index contributed by atoms with van der Waals surface area (Å²) in [6, 6.07) is 0. The van der Waals surface area contributed by atoms with Gasteiger partial charge in [-0.1, -0.05) is 63.9 Å². The van der Waals surface area contributed by atoms with Gasteiger partial charge in [-0.2, -0.15) is 0 Å². The van der Waals surface area contributed by atoms with Crippen molar-refractivity contribution in [2.24, 2.45) is 0 Å². The van der Waals surface area contributed by atoms with E-state index < -0.39 is 11.9 Å². The molecule has 0 aliphatic heterocycles. The number of allylic oxidation sites excluding steroid dienone is 1. The predicted molar refractivity (Wildman–Crippen MR) is 86.2 cm³/mol. The number of rotatable bonds is 15. The Morgan fingerprint density at radius 2 is 1.14 bits per heavy atom. The molecule has 0 aromatic carbocycles. The van der Waals surface area contributed by atoms with Gasteiger partial charge in [-0.3, -0.25) is 0 Å². The van der Waals surface area contributed by atoms with Gasteiger partial charge in [-0.15, -0.1) is 0 Å². The highest BCUT2D eigenvalue weighted by atomic mass is 16.7. The van der Waals surface area contributed by atoms with Crippen molar-refractivity contribution in [2.45, 2.75) is 89.4 Å². The lowest BCUT2D eigenvalue weighted by molar-refractivity contribution is -0.315. The van der Waals surface area contributed by atoms with Crippen LogP contribution >= 0.6 is 0 Å². The van der Waals surface area contributed by atoms with Crippen molar-refractivity contribution in [1.82, 2.24) is 0 Å². The van der Waals surface area contributed by atoms with Gasteiger partial charge in [0.1, 0.15) is 0 Å². The molecule has 0 atom stereocenters. The van der Waals surface area contributed by atoms with E-state index in [1.165, 1.54) is 38.2 Å². The molecule has 130 valence electrons. The third-order valence-electron chi connectivity index (χ3n) is 3.64. The van der Waals surface area contributed by atoms with E-state index in [2.05, 4.69) is 0 Å². The van der Waals surface area contributed by atoms with Crippen LogP contribution in [0.1, 0.15) is 83.5 Å². The van der Waals surface area contributed by atoms with Crippen molar-refractivity contribution in [3.63, 3.8) is 0 Å². The van der Waals surface area contributed by atoms with E-state index in [0.29, 0.717) is 6.42 Å². The van der Waals surface area contributed by atoms with E-state index in [1.54, 1.807) is 6.08 Å². The lowest BCUT2D eigenvalue weighted by Crippen LogP contribution is -2.26. The third-order valence-corrected chi connectivity index (χ3v) is 3.64. The molecule has 0 amide bonds. The van der Waals surface area contributed by atoms with Crippen molar-refractivity contribution in [2.75, 3.05) is 0 Å². The Morgan fingerprint density at radius 1 is 0.727 bits per heavy atom. The van der Waals surface area contributed by atoms with Crippen molar-refractivity contribution in [3.8, 4) is 0 Å². The second-order valence-corrected chi connectivity index (χ2v) is 5.94. The molecule has 0 fully saturated rings. The van der Waals surface area contributed by atoms with Crippen LogP contribution < -0.4 is 0 Å². The van der Waals surface area contributed by atoms with Crippen LogP contribution in [0.15, 0.2) is 12.2 Å². The maximum absolute atomic E-state index is 10.2. The molecule has 0 aliphatic carbocycles. The number of aliphatic hydroxyl groups is 3. The molecule has 0 aromatic heterocycles. The Labute approximate surface area is 133 Å². The zero-order chi connectivity index (χ0) is 16.7. The SMILES string of the molecule is O=C(O)C=CCCCCCCCCCCCCCC(O)(O)O. The van der Waals surface area contributed by atoms with E-state index in [-0.39, 0.29) is 6.42 Å². The largest absolute Gasteiger partial charge is 0.478 e. The smallest absolute Gasteiger partial charge is 0.327 e. The summed E-state index contributed by atoms with van der Waals surface area (Å²) in [4.78, 5) is 10.2. The first-order chi connectivity index (χ1) is 10.4. The van der Waals surface area contributed by atoms with Gasteiger partial charge in [0.2, 0.25) is 0 Å². The molecule has 0 rings (SSSR count). The van der Waals surface area contributed by atoms with Crippen LogP contribution in [0.2, 0.25) is 0 Å². The predicted octanol–water partition coefficient (Wildman–Crippen LogP) is 3.33. The van der Waals surface area contributed by atoms with Gasteiger partial charge in [0.15, 0.2) is 0 Å². The van der Waals surface area contributed by atoms with Gasteiger partial charge in [0.05, 0.1) is 0 Å². The van der Waals surface area contributed by atoms with Gasteiger partial charge in [-0.05, 0) is 19.3 Å². The van der Waals surface area contributed by atoms with Crippen molar-refractivity contribution in [1.29, 1.82) is 0 Å². The maximum Gasteiger partial charge on any atom is 0.327 e. The molecule has 5 heteroatoms. The molecule has 0 aromatic rings. The van der Waals surface area contributed by atoms with Gasteiger partial charge in [0.25, 0.3) is 5.97 Å². The summed E-state index contributed by atoms with van der Waals surface area (Å²) in [6.45, 7) is 0. The average Bonchev–Trinajstić information content (AvgIpc) is 2.41. The van der Waals surface area contributed by atoms with E-state index >= 15 is 0 Å². The fourth-order valence-corrected chi connectivity index (χ4v) is 2.40. The monoisotopic (exact) mass is 316 g/mol. The zero-order valence-electron chi connectivity index (χ0n) is 13.5. The highest BCUT2D eigenvalue weighted by Gasteiger charge is 2.16. The highest BCUT2D eigenvalue weighted by Crippen LogP contribution is 2.14. The Hall–Kier alpha value is -0.910. The average molecular weight is 316 g/mol. The summed E-state index contributed by atoms with van der Waals surface area (Å²) in [5, 5.41) is 34.6. The third kappa shape index (κ3) is 19.1.